The van der Waals surface area contributed by atoms with Crippen molar-refractivity contribution in [3.63, 3.8) is 0 Å². The van der Waals surface area contributed by atoms with Crippen molar-refractivity contribution in [3.8, 4) is 0 Å². The Labute approximate surface area is 183 Å². The Morgan fingerprint density at radius 3 is 2.69 bits per heavy atom. The zero-order valence-electron chi connectivity index (χ0n) is 16.9. The van der Waals surface area contributed by atoms with Crippen LogP contribution in [0.3, 0.4) is 0 Å². The van der Waals surface area contributed by atoms with Gasteiger partial charge in [0.1, 0.15) is 28.4 Å². The molecule has 1 aliphatic heterocycles. The van der Waals surface area contributed by atoms with E-state index in [1.807, 2.05) is 6.92 Å². The van der Waals surface area contributed by atoms with Crippen molar-refractivity contribution in [2.24, 2.45) is 4.99 Å². The number of benzene rings is 2. The van der Waals surface area contributed by atoms with Gasteiger partial charge in [0, 0.05) is 0 Å². The van der Waals surface area contributed by atoms with Crippen LogP contribution in [0.15, 0.2) is 71.1 Å². The van der Waals surface area contributed by atoms with Crippen LogP contribution in [0.25, 0.3) is 11.2 Å². The van der Waals surface area contributed by atoms with E-state index < -0.39 is 26.8 Å². The minimum absolute atomic E-state index is 0.0572. The molecule has 3 heterocycles. The Hall–Kier alpha value is -3.86. The highest BCUT2D eigenvalue weighted by Crippen LogP contribution is 2.38. The van der Waals surface area contributed by atoms with E-state index in [1.54, 1.807) is 30.3 Å². The van der Waals surface area contributed by atoms with Crippen LogP contribution in [0.4, 0.5) is 21.6 Å². The van der Waals surface area contributed by atoms with Crippen molar-refractivity contribution in [2.45, 2.75) is 24.3 Å². The number of nitrogens with one attached hydrogen (secondary N) is 2. The predicted octanol–water partition coefficient (Wildman–Crippen LogP) is 3.62. The molecule has 4 aromatic rings. The van der Waals surface area contributed by atoms with Crippen LogP contribution in [0, 0.1) is 5.82 Å². The zero-order chi connectivity index (χ0) is 22.3. The third-order valence-corrected chi connectivity index (χ3v) is 6.93. The smallest absolute Gasteiger partial charge is 0.274 e. The summed E-state index contributed by atoms with van der Waals surface area (Å²) < 4.78 is 43.0. The van der Waals surface area contributed by atoms with Gasteiger partial charge in [-0.25, -0.2) is 37.1 Å². The molecule has 0 bridgehead atoms. The average Bonchev–Trinajstić information content (AvgIpc) is 3.27. The van der Waals surface area contributed by atoms with Crippen LogP contribution >= 0.6 is 0 Å². The number of hydrogen-bond acceptors (Lipinski definition) is 7. The molecule has 11 heteroatoms. The summed E-state index contributed by atoms with van der Waals surface area (Å²) in [6.45, 7) is 1.89. The predicted molar refractivity (Wildman–Crippen MR) is 119 cm³/mol. The summed E-state index contributed by atoms with van der Waals surface area (Å²) in [6, 6.07) is 12.0. The second-order valence-electron chi connectivity index (χ2n) is 7.09. The summed E-state index contributed by atoms with van der Waals surface area (Å²) in [4.78, 5) is 19.6. The van der Waals surface area contributed by atoms with Gasteiger partial charge in [0.05, 0.1) is 23.7 Å². The summed E-state index contributed by atoms with van der Waals surface area (Å²) in [7, 11) is -4.26. The molecule has 0 saturated carbocycles. The molecule has 32 heavy (non-hydrogen) atoms. The third kappa shape index (κ3) is 3.17. The fourth-order valence-electron chi connectivity index (χ4n) is 3.67. The fourth-order valence-corrected chi connectivity index (χ4v) is 5.36. The minimum Gasteiger partial charge on any atom is -0.358 e. The molecule has 162 valence electrons. The van der Waals surface area contributed by atoms with Crippen molar-refractivity contribution in [1.29, 1.82) is 0 Å². The van der Waals surface area contributed by atoms with Crippen LogP contribution in [0.2, 0.25) is 0 Å². The minimum atomic E-state index is -4.26. The number of rotatable bonds is 5. The highest BCUT2D eigenvalue weighted by Gasteiger charge is 2.40. The second-order valence-corrected chi connectivity index (χ2v) is 8.82. The summed E-state index contributed by atoms with van der Waals surface area (Å²) in [6.07, 6.45) is 3.35. The molecule has 0 spiro atoms. The molecule has 2 aromatic carbocycles. The number of hydrogen-bond donors (Lipinski definition) is 2. The molecule has 5 rings (SSSR count). The average molecular weight is 451 g/mol. The van der Waals surface area contributed by atoms with Crippen LogP contribution in [-0.2, 0) is 10.0 Å². The van der Waals surface area contributed by atoms with Crippen LogP contribution in [0.5, 0.6) is 0 Å². The second kappa shape index (κ2) is 7.68. The van der Waals surface area contributed by atoms with Crippen molar-refractivity contribution >= 4 is 44.2 Å². The van der Waals surface area contributed by atoms with Gasteiger partial charge in [0.25, 0.3) is 10.0 Å². The molecule has 0 saturated heterocycles. The molecular formula is C21H18FN7O2S. The fraction of sp³-hybridized carbons (Fsp3) is 0.143. The summed E-state index contributed by atoms with van der Waals surface area (Å²) in [5.41, 5.74) is 1.47. The van der Waals surface area contributed by atoms with E-state index >= 15 is 0 Å². The molecule has 9 nitrogen and oxygen atoms in total. The van der Waals surface area contributed by atoms with Crippen molar-refractivity contribution in [2.75, 3.05) is 9.62 Å². The first-order valence-electron chi connectivity index (χ1n) is 9.88. The number of amidine groups is 1. The number of aromatic nitrogens is 4. The lowest BCUT2D eigenvalue weighted by Crippen LogP contribution is -2.48. The van der Waals surface area contributed by atoms with Gasteiger partial charge >= 0.3 is 0 Å². The number of aromatic amines is 1. The molecule has 0 aliphatic carbocycles. The molecule has 2 aromatic heterocycles. The molecule has 1 unspecified atom stereocenters. The monoisotopic (exact) mass is 451 g/mol. The topological polar surface area (TPSA) is 116 Å². The standard InChI is InChI=1S/C21H18FN7O2S/c1-2-15(27-20-17-19(24-11-23-17)25-12-26-20)21-28-16-10-6-9-14(22)18(16)32(30,31)29(21)13-7-4-3-5-8-13/h3-12,15H,2H2,1H3,(H2,23,24,25,26,27). The van der Waals surface area contributed by atoms with E-state index in [4.69, 9.17) is 0 Å². The normalized spacial score (nSPS) is 15.8. The Morgan fingerprint density at radius 1 is 1.09 bits per heavy atom. The van der Waals surface area contributed by atoms with Gasteiger partial charge in [-0.05, 0) is 30.7 Å². The lowest BCUT2D eigenvalue weighted by atomic mass is 10.1. The van der Waals surface area contributed by atoms with Crippen LogP contribution in [0.1, 0.15) is 13.3 Å². The zero-order valence-corrected chi connectivity index (χ0v) is 17.7. The van der Waals surface area contributed by atoms with Crippen molar-refractivity contribution in [3.05, 3.63) is 67.0 Å². The first kappa shape index (κ1) is 20.1. The number of halogens is 1. The van der Waals surface area contributed by atoms with E-state index in [9.17, 15) is 12.8 Å². The largest absolute Gasteiger partial charge is 0.358 e. The van der Waals surface area contributed by atoms with Crippen molar-refractivity contribution < 1.29 is 12.8 Å². The Morgan fingerprint density at radius 2 is 1.91 bits per heavy atom. The van der Waals surface area contributed by atoms with E-state index in [0.29, 0.717) is 29.1 Å². The summed E-state index contributed by atoms with van der Waals surface area (Å²) >= 11 is 0. The van der Waals surface area contributed by atoms with E-state index in [-0.39, 0.29) is 11.5 Å². The SMILES string of the molecule is CCC(Nc1ncnc2nc[nH]c12)C1=Nc2cccc(F)c2S(=O)(=O)N1c1ccccc1. The van der Waals surface area contributed by atoms with Gasteiger partial charge in [-0.2, -0.15) is 0 Å². The van der Waals surface area contributed by atoms with Gasteiger partial charge in [-0.3, -0.25) is 0 Å². The molecule has 0 amide bonds. The number of nitrogens with zero attached hydrogens (tertiary/aromatic N) is 5. The Balaban J connectivity index is 1.69. The molecule has 1 aliphatic rings. The summed E-state index contributed by atoms with van der Waals surface area (Å²) in [5, 5.41) is 3.26. The van der Waals surface area contributed by atoms with Gasteiger partial charge in [0.2, 0.25) is 0 Å². The van der Waals surface area contributed by atoms with E-state index in [0.717, 1.165) is 10.4 Å². The molecule has 0 fully saturated rings. The first-order valence-corrected chi connectivity index (χ1v) is 11.3. The lowest BCUT2D eigenvalue weighted by molar-refractivity contribution is 0.566. The molecule has 0 radical (unpaired) electrons. The van der Waals surface area contributed by atoms with Crippen molar-refractivity contribution in [1.82, 2.24) is 19.9 Å². The van der Waals surface area contributed by atoms with Gasteiger partial charge < -0.3 is 10.3 Å². The number of para-hydroxylation sites is 1. The van der Waals surface area contributed by atoms with Gasteiger partial charge in [-0.15, -0.1) is 0 Å². The number of imidazole rings is 1. The van der Waals surface area contributed by atoms with Gasteiger partial charge in [0.15, 0.2) is 11.5 Å². The maximum Gasteiger partial charge on any atom is 0.274 e. The highest BCUT2D eigenvalue weighted by atomic mass is 32.2. The maximum atomic E-state index is 14.6. The maximum absolute atomic E-state index is 14.6. The Kier molecular flexibility index (Phi) is 4.82. The summed E-state index contributed by atoms with van der Waals surface area (Å²) in [5.74, 6) is -0.178. The van der Waals surface area contributed by atoms with E-state index in [2.05, 4.69) is 30.2 Å². The molecule has 2 N–H and O–H groups in total. The number of anilines is 2. The third-order valence-electron chi connectivity index (χ3n) is 5.13. The number of sulfonamides is 1. The van der Waals surface area contributed by atoms with Gasteiger partial charge in [-0.1, -0.05) is 31.2 Å². The van der Waals surface area contributed by atoms with E-state index in [1.165, 1.54) is 24.8 Å². The first-order chi connectivity index (χ1) is 15.5. The molecule has 1 atom stereocenters. The number of fused-ring (bicyclic) bond motifs is 2. The number of H-pyrrole nitrogens is 1. The Bertz CT molecular complexity index is 1440. The van der Waals surface area contributed by atoms with Crippen LogP contribution < -0.4 is 9.62 Å². The van der Waals surface area contributed by atoms with Crippen LogP contribution in [-0.4, -0.2) is 40.2 Å². The lowest BCUT2D eigenvalue weighted by Gasteiger charge is -2.34. The molecular weight excluding hydrogens is 433 g/mol. The highest BCUT2D eigenvalue weighted by molar-refractivity contribution is 7.93. The number of aliphatic imine (C=N–C) groups is 1. The quantitative estimate of drug-likeness (QED) is 0.479.